The van der Waals surface area contributed by atoms with Crippen molar-refractivity contribution >= 4 is 12.0 Å². The third-order valence-corrected chi connectivity index (χ3v) is 2.84. The molecule has 0 saturated heterocycles. The van der Waals surface area contributed by atoms with Crippen LogP contribution in [-0.2, 0) is 4.79 Å². The zero-order chi connectivity index (χ0) is 17.3. The summed E-state index contributed by atoms with van der Waals surface area (Å²) in [5.41, 5.74) is 1.49. The fraction of sp³-hybridized carbons (Fsp3) is 0.190. The van der Waals surface area contributed by atoms with Gasteiger partial charge in [0.2, 0.25) is 0 Å². The van der Waals surface area contributed by atoms with E-state index in [2.05, 4.69) is 13.2 Å². The summed E-state index contributed by atoms with van der Waals surface area (Å²) in [5, 5.41) is 8.31. The summed E-state index contributed by atoms with van der Waals surface area (Å²) in [5.74, 6) is -0.872. The lowest BCUT2D eigenvalue weighted by atomic mass is 10.1. The maximum Gasteiger partial charge on any atom is 0.330 e. The molecule has 0 aliphatic heterocycles. The third kappa shape index (κ3) is 12.8. The molecule has 0 fully saturated rings. The van der Waals surface area contributed by atoms with Gasteiger partial charge in [-0.1, -0.05) is 99.3 Å². The van der Waals surface area contributed by atoms with E-state index < -0.39 is 5.97 Å². The number of benzene rings is 2. The highest BCUT2D eigenvalue weighted by atomic mass is 16.4. The average Bonchev–Trinajstić information content (AvgIpc) is 2.62. The van der Waals surface area contributed by atoms with Gasteiger partial charge in [0.25, 0.3) is 0 Å². The van der Waals surface area contributed by atoms with Crippen molar-refractivity contribution in [2.45, 2.75) is 26.2 Å². The molecule has 2 aromatic rings. The largest absolute Gasteiger partial charge is 0.478 e. The Balaban J connectivity index is 0.000000321. The maximum absolute atomic E-state index is 10.1. The zero-order valence-corrected chi connectivity index (χ0v) is 13.8. The van der Waals surface area contributed by atoms with Crippen molar-refractivity contribution in [3.63, 3.8) is 0 Å². The maximum atomic E-state index is 10.1. The Morgan fingerprint density at radius 2 is 1.43 bits per heavy atom. The fourth-order valence-corrected chi connectivity index (χ4v) is 1.47. The first-order chi connectivity index (χ1) is 11.1. The number of aliphatic carboxylic acids is 1. The average molecular weight is 310 g/mol. The summed E-state index contributed by atoms with van der Waals surface area (Å²) in [6.07, 6.45) is 4.39. The summed E-state index contributed by atoms with van der Waals surface area (Å²) < 4.78 is 0. The first kappa shape index (κ1) is 20.4. The predicted molar refractivity (Wildman–Crippen MR) is 99.3 cm³/mol. The number of unbranched alkanes of at least 4 members (excludes halogenated alkanes) is 1. The number of hydrogen-bond donors (Lipinski definition) is 1. The van der Waals surface area contributed by atoms with E-state index in [-0.39, 0.29) is 0 Å². The topological polar surface area (TPSA) is 37.3 Å². The van der Waals surface area contributed by atoms with Crippen LogP contribution in [0.3, 0.4) is 0 Å². The lowest BCUT2D eigenvalue weighted by Gasteiger charge is -1.95. The highest BCUT2D eigenvalue weighted by molar-refractivity contribution is 5.85. The number of carbonyl (C=O) groups is 1. The van der Waals surface area contributed by atoms with Crippen LogP contribution in [0.2, 0.25) is 0 Å². The zero-order valence-electron chi connectivity index (χ0n) is 13.8. The van der Waals surface area contributed by atoms with Gasteiger partial charge in [-0.15, -0.1) is 0 Å². The van der Waals surface area contributed by atoms with Crippen LogP contribution in [0.1, 0.15) is 31.7 Å². The normalized spacial score (nSPS) is 8.57. The second-order valence-electron chi connectivity index (χ2n) is 4.78. The smallest absolute Gasteiger partial charge is 0.330 e. The molecule has 0 radical (unpaired) electrons. The lowest BCUT2D eigenvalue weighted by Crippen LogP contribution is -1.97. The van der Waals surface area contributed by atoms with Crippen LogP contribution in [0, 0.1) is 0 Å². The van der Waals surface area contributed by atoms with Crippen LogP contribution in [0.15, 0.2) is 85.5 Å². The molecule has 2 heteroatoms. The van der Waals surface area contributed by atoms with Crippen molar-refractivity contribution in [3.8, 4) is 0 Å². The minimum atomic E-state index is -0.872. The molecule has 0 aromatic heterocycles. The van der Waals surface area contributed by atoms with Crippen LogP contribution in [-0.4, -0.2) is 11.1 Å². The van der Waals surface area contributed by atoms with E-state index >= 15 is 0 Å². The van der Waals surface area contributed by atoms with Crippen LogP contribution in [0.4, 0.5) is 0 Å². The molecular formula is C21H26O2. The summed E-state index contributed by atoms with van der Waals surface area (Å²) in [4.78, 5) is 10.1. The molecule has 1 N–H and O–H groups in total. The molecule has 23 heavy (non-hydrogen) atoms. The van der Waals surface area contributed by atoms with Crippen molar-refractivity contribution in [2.24, 2.45) is 0 Å². The molecule has 0 saturated carbocycles. The highest BCUT2D eigenvalue weighted by Gasteiger charge is 2.00. The molecule has 0 amide bonds. The Hall–Kier alpha value is -2.61. The molecule has 0 aliphatic rings. The van der Waals surface area contributed by atoms with E-state index in [1.54, 1.807) is 0 Å². The molecule has 0 heterocycles. The van der Waals surface area contributed by atoms with Crippen molar-refractivity contribution in [3.05, 3.63) is 91.0 Å². The van der Waals surface area contributed by atoms with E-state index in [0.29, 0.717) is 12.0 Å². The predicted octanol–water partition coefficient (Wildman–Crippen LogP) is 5.83. The van der Waals surface area contributed by atoms with Crippen molar-refractivity contribution in [1.29, 1.82) is 0 Å². The minimum absolute atomic E-state index is 0.317. The fourth-order valence-electron chi connectivity index (χ4n) is 1.47. The first-order valence-corrected chi connectivity index (χ1v) is 7.70. The van der Waals surface area contributed by atoms with Gasteiger partial charge in [0.1, 0.15) is 0 Å². The summed E-state index contributed by atoms with van der Waals surface area (Å²) >= 11 is 0. The van der Waals surface area contributed by atoms with E-state index in [0.717, 1.165) is 12.8 Å². The Kier molecular flexibility index (Phi) is 12.7. The molecule has 122 valence electrons. The van der Waals surface area contributed by atoms with Crippen LogP contribution in [0.25, 0.3) is 6.08 Å². The number of carboxylic acids is 1. The van der Waals surface area contributed by atoms with Crippen LogP contribution < -0.4 is 0 Å². The molecule has 2 nitrogen and oxygen atoms in total. The monoisotopic (exact) mass is 310 g/mol. The summed E-state index contributed by atoms with van der Waals surface area (Å²) in [7, 11) is 0. The van der Waals surface area contributed by atoms with Gasteiger partial charge in [-0.25, -0.2) is 4.79 Å². The van der Waals surface area contributed by atoms with Gasteiger partial charge < -0.3 is 5.11 Å². The van der Waals surface area contributed by atoms with Crippen LogP contribution in [0.5, 0.6) is 0 Å². The standard InChI is InChI=1S/C8H8.C7H12O2.C6H6/c1-2-8-6-4-3-5-7-8;1-3-4-5-6(2)7(8)9;1-2-4-6-5-3-1/h2-7H,1H2;2-5H2,1H3,(H,8,9);1-6H. The Labute approximate surface area is 139 Å². The lowest BCUT2D eigenvalue weighted by molar-refractivity contribution is -0.132. The molecular weight excluding hydrogens is 284 g/mol. The summed E-state index contributed by atoms with van der Waals surface area (Å²) in [6.45, 7) is 9.05. The summed E-state index contributed by atoms with van der Waals surface area (Å²) in [6, 6.07) is 22.0. The highest BCUT2D eigenvalue weighted by Crippen LogP contribution is 2.03. The Bertz CT molecular complexity index is 518. The molecule has 0 unspecified atom stereocenters. The first-order valence-electron chi connectivity index (χ1n) is 7.70. The second-order valence-corrected chi connectivity index (χ2v) is 4.78. The quantitative estimate of drug-likeness (QED) is 0.705. The van der Waals surface area contributed by atoms with E-state index in [4.69, 9.17) is 5.11 Å². The number of rotatable bonds is 5. The molecule has 2 rings (SSSR count). The second kappa shape index (κ2) is 14.3. The van der Waals surface area contributed by atoms with E-state index in [9.17, 15) is 4.79 Å². The van der Waals surface area contributed by atoms with Gasteiger partial charge in [-0.3, -0.25) is 0 Å². The van der Waals surface area contributed by atoms with E-state index in [1.165, 1.54) is 5.56 Å². The molecule has 0 aliphatic carbocycles. The van der Waals surface area contributed by atoms with Gasteiger partial charge in [-0.05, 0) is 18.4 Å². The van der Waals surface area contributed by atoms with Gasteiger partial charge in [0, 0.05) is 5.57 Å². The van der Waals surface area contributed by atoms with Crippen LogP contribution >= 0.6 is 0 Å². The van der Waals surface area contributed by atoms with Crippen molar-refractivity contribution in [2.75, 3.05) is 0 Å². The molecule has 0 atom stereocenters. The van der Waals surface area contributed by atoms with Gasteiger partial charge in [-0.2, -0.15) is 0 Å². The molecule has 0 spiro atoms. The van der Waals surface area contributed by atoms with Gasteiger partial charge in [0.15, 0.2) is 0 Å². The SMILES string of the molecule is C=C(CCCC)C(=O)O.C=Cc1ccccc1.c1ccccc1. The van der Waals surface area contributed by atoms with E-state index in [1.807, 2.05) is 79.7 Å². The number of carboxylic acid groups (broad SMARTS) is 1. The van der Waals surface area contributed by atoms with Gasteiger partial charge in [0.05, 0.1) is 0 Å². The van der Waals surface area contributed by atoms with Gasteiger partial charge >= 0.3 is 5.97 Å². The Morgan fingerprint density at radius 3 is 1.74 bits per heavy atom. The number of hydrogen-bond acceptors (Lipinski definition) is 1. The minimum Gasteiger partial charge on any atom is -0.478 e. The van der Waals surface area contributed by atoms with Crippen molar-refractivity contribution < 1.29 is 9.90 Å². The molecule has 0 bridgehead atoms. The van der Waals surface area contributed by atoms with Crippen molar-refractivity contribution in [1.82, 2.24) is 0 Å². The molecule has 2 aromatic carbocycles. The Morgan fingerprint density at radius 1 is 1.00 bits per heavy atom. The third-order valence-electron chi connectivity index (χ3n) is 2.84.